The van der Waals surface area contributed by atoms with Crippen molar-refractivity contribution in [3.63, 3.8) is 0 Å². The molecule has 6 nitrogen and oxygen atoms in total. The molecule has 0 fully saturated rings. The highest BCUT2D eigenvalue weighted by Crippen LogP contribution is 2.43. The molecule has 2 heterocycles. The predicted molar refractivity (Wildman–Crippen MR) is 110 cm³/mol. The van der Waals surface area contributed by atoms with Crippen molar-refractivity contribution in [1.29, 1.82) is 0 Å². The fourth-order valence-electron chi connectivity index (χ4n) is 3.23. The second kappa shape index (κ2) is 7.36. The molecule has 4 rings (SSSR count). The lowest BCUT2D eigenvalue weighted by molar-refractivity contribution is 0.0642. The van der Waals surface area contributed by atoms with Gasteiger partial charge in [-0.1, -0.05) is 26.0 Å². The number of carbonyl (C=O) groups excluding carboxylic acids is 2. The minimum Gasteiger partial charge on any atom is -0.422 e. The summed E-state index contributed by atoms with van der Waals surface area (Å²) >= 11 is 1.18. The van der Waals surface area contributed by atoms with Gasteiger partial charge in [0.05, 0.1) is 29.8 Å². The van der Waals surface area contributed by atoms with E-state index in [0.717, 1.165) is 4.90 Å². The zero-order valence-electron chi connectivity index (χ0n) is 15.8. The maximum Gasteiger partial charge on any atom is 0.265 e. The number of pyridine rings is 1. The molecular weight excluding hydrogens is 393 g/mol. The molecule has 0 unspecified atom stereocenters. The summed E-state index contributed by atoms with van der Waals surface area (Å²) in [5.74, 6) is -1.16. The first kappa shape index (κ1) is 19.2. The number of fused-ring (bicyclic) bond motifs is 2. The molecule has 29 heavy (non-hydrogen) atoms. The van der Waals surface area contributed by atoms with E-state index in [1.54, 1.807) is 18.3 Å². The van der Waals surface area contributed by atoms with Crippen LogP contribution in [0.1, 0.15) is 40.1 Å². The first-order valence-corrected chi connectivity index (χ1v) is 9.83. The molecule has 0 saturated heterocycles. The summed E-state index contributed by atoms with van der Waals surface area (Å²) in [6, 6.07) is 9.09. The molecule has 148 valence electrons. The highest BCUT2D eigenvalue weighted by molar-refractivity contribution is 7.95. The molecule has 1 aromatic heterocycles. The van der Waals surface area contributed by atoms with E-state index in [9.17, 15) is 14.0 Å². The van der Waals surface area contributed by atoms with Crippen LogP contribution in [-0.2, 0) is 6.54 Å². The molecule has 1 aliphatic rings. The molecule has 0 saturated carbocycles. The summed E-state index contributed by atoms with van der Waals surface area (Å²) in [4.78, 5) is 31.7. The number of anilines is 1. The third kappa shape index (κ3) is 3.29. The van der Waals surface area contributed by atoms with Crippen LogP contribution in [-0.4, -0.2) is 26.9 Å². The summed E-state index contributed by atoms with van der Waals surface area (Å²) < 4.78 is 19.1. The molecular formula is C21H18FN3O3S. The Balaban J connectivity index is 1.84. The standard InChI is InChI=1S/C21H18FN3O3S/c1-11(2)29-28-19-16-15(17(23)14-4-3-9-24-18(14)19)20(26)25(21(16)27)10-12-5-7-13(22)8-6-12/h3-9,11H,10,23H2,1-2H3. The maximum absolute atomic E-state index is 13.2. The van der Waals surface area contributed by atoms with E-state index >= 15 is 0 Å². The molecule has 2 N–H and O–H groups in total. The van der Waals surface area contributed by atoms with Crippen molar-refractivity contribution in [2.45, 2.75) is 25.6 Å². The van der Waals surface area contributed by atoms with Gasteiger partial charge in [-0.15, -0.1) is 0 Å². The lowest BCUT2D eigenvalue weighted by Gasteiger charge is -2.14. The number of halogens is 1. The van der Waals surface area contributed by atoms with Gasteiger partial charge in [-0.05, 0) is 29.8 Å². The van der Waals surface area contributed by atoms with Crippen LogP contribution in [0.5, 0.6) is 5.75 Å². The Morgan fingerprint density at radius 2 is 1.83 bits per heavy atom. The number of aromatic nitrogens is 1. The first-order valence-electron chi connectivity index (χ1n) is 9.02. The van der Waals surface area contributed by atoms with E-state index in [1.807, 2.05) is 13.8 Å². The van der Waals surface area contributed by atoms with E-state index in [0.29, 0.717) is 16.5 Å². The number of carbonyl (C=O) groups is 2. The fraction of sp³-hybridized carbons (Fsp3) is 0.190. The number of benzene rings is 2. The molecule has 0 spiro atoms. The van der Waals surface area contributed by atoms with Crippen molar-refractivity contribution in [3.8, 4) is 5.75 Å². The molecule has 2 amide bonds. The number of nitrogens with zero attached hydrogens (tertiary/aromatic N) is 2. The largest absolute Gasteiger partial charge is 0.422 e. The fourth-order valence-corrected chi connectivity index (χ4v) is 3.69. The van der Waals surface area contributed by atoms with Gasteiger partial charge in [0.1, 0.15) is 16.9 Å². The van der Waals surface area contributed by atoms with Gasteiger partial charge in [0.2, 0.25) is 0 Å². The smallest absolute Gasteiger partial charge is 0.265 e. The van der Waals surface area contributed by atoms with Gasteiger partial charge >= 0.3 is 0 Å². The van der Waals surface area contributed by atoms with Crippen molar-refractivity contribution in [3.05, 3.63) is 65.1 Å². The first-order chi connectivity index (χ1) is 13.9. The van der Waals surface area contributed by atoms with Gasteiger partial charge in [0.25, 0.3) is 11.8 Å². The number of amides is 2. The van der Waals surface area contributed by atoms with Gasteiger partial charge in [0.15, 0.2) is 5.75 Å². The van der Waals surface area contributed by atoms with Crippen LogP contribution < -0.4 is 9.92 Å². The second-order valence-corrected chi connectivity index (χ2v) is 8.25. The zero-order chi connectivity index (χ0) is 20.7. The summed E-state index contributed by atoms with van der Waals surface area (Å²) in [6.45, 7) is 3.91. The van der Waals surface area contributed by atoms with E-state index in [4.69, 9.17) is 9.92 Å². The molecule has 8 heteroatoms. The average Bonchev–Trinajstić information content (AvgIpc) is 2.94. The topological polar surface area (TPSA) is 85.5 Å². The van der Waals surface area contributed by atoms with Crippen LogP contribution in [0.15, 0.2) is 42.6 Å². The quantitative estimate of drug-likeness (QED) is 0.385. The Kier molecular flexibility index (Phi) is 4.87. The number of hydrogen-bond acceptors (Lipinski definition) is 6. The van der Waals surface area contributed by atoms with Crippen LogP contribution in [0.2, 0.25) is 0 Å². The van der Waals surface area contributed by atoms with Crippen LogP contribution >= 0.6 is 12.0 Å². The average molecular weight is 411 g/mol. The van der Waals surface area contributed by atoms with Crippen LogP contribution in [0.25, 0.3) is 10.9 Å². The molecule has 0 radical (unpaired) electrons. The molecule has 0 aliphatic carbocycles. The minimum atomic E-state index is -0.507. The number of rotatable bonds is 5. The summed E-state index contributed by atoms with van der Waals surface area (Å²) in [7, 11) is 0. The highest BCUT2D eigenvalue weighted by atomic mass is 32.2. The normalized spacial score (nSPS) is 13.4. The Bertz CT molecular complexity index is 1130. The van der Waals surface area contributed by atoms with E-state index in [1.165, 1.54) is 36.3 Å². The van der Waals surface area contributed by atoms with E-state index in [2.05, 4.69) is 4.98 Å². The summed E-state index contributed by atoms with van der Waals surface area (Å²) in [5, 5.41) is 0.680. The number of hydrogen-bond donors (Lipinski definition) is 1. The highest BCUT2D eigenvalue weighted by Gasteiger charge is 2.42. The van der Waals surface area contributed by atoms with Gasteiger partial charge < -0.3 is 9.92 Å². The Morgan fingerprint density at radius 1 is 1.14 bits per heavy atom. The van der Waals surface area contributed by atoms with E-state index < -0.39 is 11.8 Å². The molecule has 1 aliphatic heterocycles. The lowest BCUT2D eigenvalue weighted by atomic mass is 10.0. The van der Waals surface area contributed by atoms with Gasteiger partial charge in [-0.2, -0.15) is 0 Å². The summed E-state index contributed by atoms with van der Waals surface area (Å²) in [6.07, 6.45) is 1.58. The SMILES string of the molecule is CC(C)SOc1c2c(c(N)c3cccnc13)C(=O)N(Cc1ccc(F)cc1)C2=O. The maximum atomic E-state index is 13.2. The van der Waals surface area contributed by atoms with Crippen LogP contribution in [0.4, 0.5) is 10.1 Å². The Hall–Kier alpha value is -3.13. The Labute approximate surface area is 171 Å². The van der Waals surface area contributed by atoms with Gasteiger partial charge in [-0.3, -0.25) is 19.5 Å². The molecule has 2 aromatic carbocycles. The number of nitrogens with two attached hydrogens (primary N) is 1. The predicted octanol–water partition coefficient (Wildman–Crippen LogP) is 4.19. The molecule has 0 atom stereocenters. The third-order valence-corrected chi connectivity index (χ3v) is 5.20. The van der Waals surface area contributed by atoms with Crippen LogP contribution in [0.3, 0.4) is 0 Å². The summed E-state index contributed by atoms with van der Waals surface area (Å²) in [5.41, 5.74) is 7.77. The molecule has 3 aromatic rings. The monoisotopic (exact) mass is 411 g/mol. The lowest BCUT2D eigenvalue weighted by Crippen LogP contribution is -2.29. The number of imide groups is 1. The zero-order valence-corrected chi connectivity index (χ0v) is 16.6. The van der Waals surface area contributed by atoms with Crippen molar-refractivity contribution in [1.82, 2.24) is 9.88 Å². The van der Waals surface area contributed by atoms with Crippen molar-refractivity contribution >= 4 is 40.4 Å². The number of nitrogen functional groups attached to an aromatic ring is 1. The minimum absolute atomic E-state index is 0.00655. The Morgan fingerprint density at radius 3 is 2.52 bits per heavy atom. The van der Waals surface area contributed by atoms with Crippen molar-refractivity contribution < 1.29 is 18.2 Å². The van der Waals surface area contributed by atoms with Crippen molar-refractivity contribution in [2.24, 2.45) is 0 Å². The van der Waals surface area contributed by atoms with Gasteiger partial charge in [0, 0.05) is 16.8 Å². The second-order valence-electron chi connectivity index (χ2n) is 6.94. The molecule has 0 bridgehead atoms. The van der Waals surface area contributed by atoms with E-state index in [-0.39, 0.29) is 40.2 Å². The third-order valence-electron chi connectivity index (χ3n) is 4.56. The van der Waals surface area contributed by atoms with Crippen LogP contribution in [0, 0.1) is 5.82 Å². The van der Waals surface area contributed by atoms with Crippen molar-refractivity contribution in [2.75, 3.05) is 5.73 Å². The van der Waals surface area contributed by atoms with Gasteiger partial charge in [-0.25, -0.2) is 4.39 Å².